The van der Waals surface area contributed by atoms with Crippen molar-refractivity contribution in [2.45, 2.75) is 6.54 Å². The molecule has 0 bridgehead atoms. The van der Waals surface area contributed by atoms with E-state index in [-0.39, 0.29) is 0 Å². The predicted octanol–water partition coefficient (Wildman–Crippen LogP) is 2.36. The van der Waals surface area contributed by atoms with E-state index in [0.717, 1.165) is 10.9 Å². The summed E-state index contributed by atoms with van der Waals surface area (Å²) in [5.74, 6) is 1.21. The molecule has 0 amide bonds. The van der Waals surface area contributed by atoms with Gasteiger partial charge < -0.3 is 15.2 Å². The van der Waals surface area contributed by atoms with Crippen LogP contribution in [0.5, 0.6) is 11.5 Å². The first-order valence-electron chi connectivity index (χ1n) is 5.10. The summed E-state index contributed by atoms with van der Waals surface area (Å²) in [4.78, 5) is 4.33. The smallest absolute Gasteiger partial charge is 0.147 e. The van der Waals surface area contributed by atoms with E-state index in [1.165, 1.54) is 0 Å². The Morgan fingerprint density at radius 1 is 1.29 bits per heavy atom. The van der Waals surface area contributed by atoms with Crippen LogP contribution in [0.15, 0.2) is 18.3 Å². The molecular formula is C12H13ClN2O2. The maximum Gasteiger partial charge on any atom is 0.147 e. The predicted molar refractivity (Wildman–Crippen MR) is 67.7 cm³/mol. The summed E-state index contributed by atoms with van der Waals surface area (Å²) in [6.45, 7) is 0.418. The Morgan fingerprint density at radius 3 is 2.65 bits per heavy atom. The number of pyridine rings is 1. The third-order valence-electron chi connectivity index (χ3n) is 2.56. The first-order chi connectivity index (χ1) is 8.21. The van der Waals surface area contributed by atoms with E-state index in [9.17, 15) is 0 Å². The second-order valence-electron chi connectivity index (χ2n) is 3.54. The quantitative estimate of drug-likeness (QED) is 0.911. The number of halogens is 1. The summed E-state index contributed by atoms with van der Waals surface area (Å²) in [6, 6.07) is 3.60. The zero-order valence-corrected chi connectivity index (χ0v) is 10.4. The van der Waals surface area contributed by atoms with Crippen molar-refractivity contribution in [3.8, 4) is 11.5 Å². The van der Waals surface area contributed by atoms with E-state index in [4.69, 9.17) is 26.8 Å². The fourth-order valence-electron chi connectivity index (χ4n) is 1.73. The van der Waals surface area contributed by atoms with Gasteiger partial charge >= 0.3 is 0 Å². The number of nitrogens with zero attached hydrogens (tertiary/aromatic N) is 1. The third kappa shape index (κ3) is 2.01. The SMILES string of the molecule is COc1c(Cl)cc(OC)c2ncc(CN)cc12. The van der Waals surface area contributed by atoms with Gasteiger partial charge in [0.15, 0.2) is 0 Å². The van der Waals surface area contributed by atoms with E-state index in [2.05, 4.69) is 4.98 Å². The van der Waals surface area contributed by atoms with E-state index in [1.807, 2.05) is 6.07 Å². The molecule has 17 heavy (non-hydrogen) atoms. The topological polar surface area (TPSA) is 57.4 Å². The van der Waals surface area contributed by atoms with E-state index < -0.39 is 0 Å². The van der Waals surface area contributed by atoms with Crippen molar-refractivity contribution >= 4 is 22.5 Å². The highest BCUT2D eigenvalue weighted by Crippen LogP contribution is 2.38. The van der Waals surface area contributed by atoms with Crippen molar-refractivity contribution in [2.24, 2.45) is 5.73 Å². The van der Waals surface area contributed by atoms with Crippen molar-refractivity contribution in [1.29, 1.82) is 0 Å². The minimum Gasteiger partial charge on any atom is -0.494 e. The summed E-state index contributed by atoms with van der Waals surface area (Å²) in [5.41, 5.74) is 7.23. The zero-order chi connectivity index (χ0) is 12.4. The molecule has 0 aliphatic carbocycles. The van der Waals surface area contributed by atoms with Gasteiger partial charge in [-0.1, -0.05) is 11.6 Å². The number of fused-ring (bicyclic) bond motifs is 1. The summed E-state index contributed by atoms with van der Waals surface area (Å²) >= 11 is 6.12. The van der Waals surface area contributed by atoms with E-state index in [1.54, 1.807) is 26.5 Å². The number of hydrogen-bond donors (Lipinski definition) is 1. The molecule has 0 aliphatic rings. The summed E-state index contributed by atoms with van der Waals surface area (Å²) < 4.78 is 10.5. The van der Waals surface area contributed by atoms with Crippen LogP contribution >= 0.6 is 11.6 Å². The Labute approximate surface area is 104 Å². The lowest BCUT2D eigenvalue weighted by molar-refractivity contribution is 0.410. The first kappa shape index (κ1) is 12.0. The fraction of sp³-hybridized carbons (Fsp3) is 0.250. The van der Waals surface area contributed by atoms with Crippen LogP contribution in [-0.2, 0) is 6.54 Å². The molecule has 2 rings (SSSR count). The van der Waals surface area contributed by atoms with Gasteiger partial charge in [0, 0.05) is 24.2 Å². The van der Waals surface area contributed by atoms with Gasteiger partial charge in [-0.3, -0.25) is 4.98 Å². The Balaban J connectivity index is 2.82. The van der Waals surface area contributed by atoms with Gasteiger partial charge in [0.05, 0.1) is 19.2 Å². The van der Waals surface area contributed by atoms with Crippen LogP contribution in [0, 0.1) is 0 Å². The molecule has 90 valence electrons. The third-order valence-corrected chi connectivity index (χ3v) is 2.84. The van der Waals surface area contributed by atoms with Gasteiger partial charge in [-0.05, 0) is 11.6 Å². The van der Waals surface area contributed by atoms with Crippen molar-refractivity contribution in [3.63, 3.8) is 0 Å². The summed E-state index contributed by atoms with van der Waals surface area (Å²) in [7, 11) is 3.15. The molecule has 1 aromatic carbocycles. The second kappa shape index (κ2) is 4.77. The molecule has 0 saturated heterocycles. The van der Waals surface area contributed by atoms with Crippen LogP contribution in [-0.4, -0.2) is 19.2 Å². The van der Waals surface area contributed by atoms with Gasteiger partial charge in [0.2, 0.25) is 0 Å². The van der Waals surface area contributed by atoms with Crippen LogP contribution in [0.3, 0.4) is 0 Å². The highest BCUT2D eigenvalue weighted by atomic mass is 35.5. The highest BCUT2D eigenvalue weighted by molar-refractivity contribution is 6.33. The fourth-order valence-corrected chi connectivity index (χ4v) is 2.01. The van der Waals surface area contributed by atoms with E-state index in [0.29, 0.717) is 28.6 Å². The molecule has 0 atom stereocenters. The van der Waals surface area contributed by atoms with Gasteiger partial charge in [-0.15, -0.1) is 0 Å². The molecule has 0 saturated carbocycles. The minimum absolute atomic E-state index is 0.418. The minimum atomic E-state index is 0.418. The van der Waals surface area contributed by atoms with Gasteiger partial charge in [-0.25, -0.2) is 0 Å². The number of methoxy groups -OCH3 is 2. The molecular weight excluding hydrogens is 240 g/mol. The van der Waals surface area contributed by atoms with E-state index >= 15 is 0 Å². The summed E-state index contributed by atoms with van der Waals surface area (Å²) in [6.07, 6.45) is 1.72. The van der Waals surface area contributed by atoms with Crippen LogP contribution in [0.4, 0.5) is 0 Å². The van der Waals surface area contributed by atoms with Crippen LogP contribution < -0.4 is 15.2 Å². The molecule has 0 unspecified atom stereocenters. The number of hydrogen-bond acceptors (Lipinski definition) is 4. The standard InChI is InChI=1S/C12H13ClN2O2/c1-16-10-4-9(13)12(17-2)8-3-7(5-14)6-15-11(8)10/h3-4,6H,5,14H2,1-2H3. The Kier molecular flexibility index (Phi) is 3.36. The molecule has 0 radical (unpaired) electrons. The average Bonchev–Trinajstić information content (AvgIpc) is 2.37. The maximum atomic E-state index is 6.12. The number of benzene rings is 1. The molecule has 0 spiro atoms. The highest BCUT2D eigenvalue weighted by Gasteiger charge is 2.13. The number of nitrogens with two attached hydrogens (primary N) is 1. The Bertz CT molecular complexity index is 558. The average molecular weight is 253 g/mol. The number of rotatable bonds is 3. The molecule has 5 heteroatoms. The van der Waals surface area contributed by atoms with Gasteiger partial charge in [-0.2, -0.15) is 0 Å². The molecule has 1 heterocycles. The lowest BCUT2D eigenvalue weighted by Crippen LogP contribution is -1.99. The lowest BCUT2D eigenvalue weighted by Gasteiger charge is -2.11. The zero-order valence-electron chi connectivity index (χ0n) is 9.66. The van der Waals surface area contributed by atoms with Crippen molar-refractivity contribution in [3.05, 3.63) is 28.9 Å². The Morgan fingerprint density at radius 2 is 2.06 bits per heavy atom. The molecule has 2 aromatic rings. The van der Waals surface area contributed by atoms with Crippen molar-refractivity contribution in [1.82, 2.24) is 4.98 Å². The number of aromatic nitrogens is 1. The lowest BCUT2D eigenvalue weighted by atomic mass is 10.1. The van der Waals surface area contributed by atoms with Gasteiger partial charge in [0.1, 0.15) is 17.0 Å². The molecule has 1 aromatic heterocycles. The molecule has 4 nitrogen and oxygen atoms in total. The normalized spacial score (nSPS) is 10.6. The van der Waals surface area contributed by atoms with Crippen molar-refractivity contribution in [2.75, 3.05) is 14.2 Å². The Hall–Kier alpha value is -1.52. The first-order valence-corrected chi connectivity index (χ1v) is 5.48. The van der Waals surface area contributed by atoms with Crippen LogP contribution in [0.2, 0.25) is 5.02 Å². The van der Waals surface area contributed by atoms with Crippen LogP contribution in [0.25, 0.3) is 10.9 Å². The van der Waals surface area contributed by atoms with Crippen LogP contribution in [0.1, 0.15) is 5.56 Å². The van der Waals surface area contributed by atoms with Crippen molar-refractivity contribution < 1.29 is 9.47 Å². The second-order valence-corrected chi connectivity index (χ2v) is 3.94. The largest absolute Gasteiger partial charge is 0.494 e. The molecule has 0 aliphatic heterocycles. The molecule has 2 N–H and O–H groups in total. The van der Waals surface area contributed by atoms with Gasteiger partial charge in [0.25, 0.3) is 0 Å². The maximum absolute atomic E-state index is 6.12. The summed E-state index contributed by atoms with van der Waals surface area (Å²) in [5, 5.41) is 1.30. The monoisotopic (exact) mass is 252 g/mol. The number of ether oxygens (including phenoxy) is 2. The molecule has 0 fully saturated rings.